The quantitative estimate of drug-likeness (QED) is 0.754. The zero-order valence-electron chi connectivity index (χ0n) is 15.3. The van der Waals surface area contributed by atoms with E-state index in [1.165, 1.54) is 12.2 Å². The fourth-order valence-corrected chi connectivity index (χ4v) is 4.45. The Labute approximate surface area is 160 Å². The summed E-state index contributed by atoms with van der Waals surface area (Å²) in [4.78, 5) is 29.9. The van der Waals surface area contributed by atoms with E-state index in [0.29, 0.717) is 29.1 Å². The molecule has 1 aliphatic carbocycles. The van der Waals surface area contributed by atoms with Crippen molar-refractivity contribution in [3.8, 4) is 0 Å². The van der Waals surface area contributed by atoms with E-state index in [2.05, 4.69) is 0 Å². The van der Waals surface area contributed by atoms with Crippen LogP contribution in [0.5, 0.6) is 0 Å². The number of rotatable bonds is 1. The summed E-state index contributed by atoms with van der Waals surface area (Å²) in [5.41, 5.74) is 1.20. The number of dihydropyridines is 1. The summed E-state index contributed by atoms with van der Waals surface area (Å²) in [6.07, 6.45) is 6.71. The molecule has 1 aromatic rings. The second-order valence-corrected chi connectivity index (χ2v) is 7.68. The van der Waals surface area contributed by atoms with Crippen molar-refractivity contribution in [2.24, 2.45) is 10.9 Å². The number of ether oxygens (including phenoxy) is 1. The predicted octanol–water partition coefficient (Wildman–Crippen LogP) is 2.04. The minimum Gasteiger partial charge on any atom is -0.460 e. The molecule has 7 heteroatoms. The average molecular weight is 382 g/mol. The van der Waals surface area contributed by atoms with E-state index in [9.17, 15) is 19.1 Å². The summed E-state index contributed by atoms with van der Waals surface area (Å²) in [5.74, 6) is -0.976. The Bertz CT molecular complexity index is 1090. The third-order valence-corrected chi connectivity index (χ3v) is 6.05. The molecule has 0 saturated carbocycles. The molecule has 3 aliphatic heterocycles. The second-order valence-electron chi connectivity index (χ2n) is 7.68. The molecule has 4 aliphatic rings. The summed E-state index contributed by atoms with van der Waals surface area (Å²) < 4.78 is 20.4. The molecular formula is C21H19FN2O4. The lowest BCUT2D eigenvalue weighted by Gasteiger charge is -2.26. The van der Waals surface area contributed by atoms with Crippen LogP contribution in [-0.2, 0) is 28.3 Å². The lowest BCUT2D eigenvalue weighted by atomic mass is 9.85. The van der Waals surface area contributed by atoms with E-state index < -0.39 is 11.6 Å². The summed E-state index contributed by atoms with van der Waals surface area (Å²) in [6, 6.07) is 1.55. The van der Waals surface area contributed by atoms with Gasteiger partial charge in [0.05, 0.1) is 36.0 Å². The number of hydrogen-bond acceptors (Lipinski definition) is 5. The Morgan fingerprint density at radius 1 is 1.39 bits per heavy atom. The molecule has 144 valence electrons. The fourth-order valence-electron chi connectivity index (χ4n) is 4.45. The normalized spacial score (nSPS) is 30.1. The van der Waals surface area contributed by atoms with Gasteiger partial charge in [0.1, 0.15) is 18.0 Å². The Kier molecular flexibility index (Phi) is 3.61. The molecule has 2 unspecified atom stereocenters. The van der Waals surface area contributed by atoms with E-state index in [-0.39, 0.29) is 42.8 Å². The molecule has 28 heavy (non-hydrogen) atoms. The summed E-state index contributed by atoms with van der Waals surface area (Å²) >= 11 is 0. The van der Waals surface area contributed by atoms with Crippen LogP contribution in [0.3, 0.4) is 0 Å². The van der Waals surface area contributed by atoms with Crippen molar-refractivity contribution in [3.05, 3.63) is 68.9 Å². The third-order valence-electron chi connectivity index (χ3n) is 6.05. The maximum atomic E-state index is 13.6. The second kappa shape index (κ2) is 5.85. The highest BCUT2D eigenvalue weighted by molar-refractivity contribution is 6.14. The van der Waals surface area contributed by atoms with Gasteiger partial charge in [-0.05, 0) is 35.8 Å². The molecule has 5 rings (SSSR count). The first-order valence-corrected chi connectivity index (χ1v) is 9.39. The van der Waals surface area contributed by atoms with Crippen molar-refractivity contribution in [3.63, 3.8) is 0 Å². The fraction of sp³-hybridized carbons (Fsp3) is 0.381. The van der Waals surface area contributed by atoms with Crippen molar-refractivity contribution in [2.75, 3.05) is 0 Å². The molecule has 0 spiro atoms. The van der Waals surface area contributed by atoms with Crippen LogP contribution in [0, 0.1) is 5.92 Å². The first-order chi connectivity index (χ1) is 13.4. The number of allylic oxidation sites excluding steroid dienone is 3. The molecule has 1 aromatic heterocycles. The number of pyridine rings is 1. The Hall–Kier alpha value is -2.80. The molecule has 1 N–H and O–H groups in total. The topological polar surface area (TPSA) is 80.9 Å². The average Bonchev–Trinajstić information content (AvgIpc) is 2.96. The van der Waals surface area contributed by atoms with Crippen LogP contribution in [0.4, 0.5) is 4.39 Å². The zero-order valence-corrected chi connectivity index (χ0v) is 15.3. The van der Waals surface area contributed by atoms with Crippen LogP contribution in [0.15, 0.2) is 51.6 Å². The third kappa shape index (κ3) is 2.39. The highest BCUT2D eigenvalue weighted by Gasteiger charge is 2.40. The van der Waals surface area contributed by atoms with E-state index in [1.54, 1.807) is 23.6 Å². The molecule has 6 nitrogen and oxygen atoms in total. The van der Waals surface area contributed by atoms with E-state index in [4.69, 9.17) is 9.73 Å². The number of nitrogens with zero attached hydrogens (tertiary/aromatic N) is 2. The number of halogens is 1. The number of hydrogen-bond donors (Lipinski definition) is 1. The SMILES string of the molecule is CC[C@@]1(O)CC(=O)OCc2c1cc1n(c2=O)CC2=CC3C=C(F)C=CC3N=C21. The summed E-state index contributed by atoms with van der Waals surface area (Å²) in [7, 11) is 0. The largest absolute Gasteiger partial charge is 0.460 e. The van der Waals surface area contributed by atoms with Gasteiger partial charge in [-0.2, -0.15) is 0 Å². The molecule has 0 amide bonds. The zero-order chi connectivity index (χ0) is 19.6. The van der Waals surface area contributed by atoms with Crippen LogP contribution in [0.2, 0.25) is 0 Å². The molecule has 0 saturated heterocycles. The van der Waals surface area contributed by atoms with Gasteiger partial charge in [0.2, 0.25) is 0 Å². The molecule has 0 aromatic carbocycles. The lowest BCUT2D eigenvalue weighted by molar-refractivity contribution is -0.149. The molecule has 4 heterocycles. The smallest absolute Gasteiger partial charge is 0.309 e. The van der Waals surface area contributed by atoms with Crippen molar-refractivity contribution >= 4 is 11.7 Å². The highest BCUT2D eigenvalue weighted by Crippen LogP contribution is 2.37. The van der Waals surface area contributed by atoms with Gasteiger partial charge >= 0.3 is 5.97 Å². The highest BCUT2D eigenvalue weighted by atomic mass is 19.1. The van der Waals surface area contributed by atoms with E-state index >= 15 is 0 Å². The van der Waals surface area contributed by atoms with Crippen LogP contribution in [0.1, 0.15) is 36.6 Å². The number of esters is 1. The monoisotopic (exact) mass is 382 g/mol. The van der Waals surface area contributed by atoms with Gasteiger partial charge in [-0.25, -0.2) is 4.39 Å². The van der Waals surface area contributed by atoms with E-state index in [1.807, 2.05) is 6.08 Å². The van der Waals surface area contributed by atoms with Gasteiger partial charge in [-0.15, -0.1) is 0 Å². The van der Waals surface area contributed by atoms with Gasteiger partial charge < -0.3 is 14.4 Å². The number of aliphatic hydroxyl groups is 1. The lowest BCUT2D eigenvalue weighted by Crippen LogP contribution is -2.33. The van der Waals surface area contributed by atoms with Crippen molar-refractivity contribution < 1.29 is 19.0 Å². The minimum absolute atomic E-state index is 0.150. The molecule has 0 bridgehead atoms. The van der Waals surface area contributed by atoms with Crippen LogP contribution in [-0.4, -0.2) is 27.4 Å². The maximum absolute atomic E-state index is 13.6. The molecule has 3 atom stereocenters. The Balaban J connectivity index is 1.69. The molecule has 0 radical (unpaired) electrons. The van der Waals surface area contributed by atoms with Crippen molar-refractivity contribution in [1.29, 1.82) is 0 Å². The number of cyclic esters (lactones) is 1. The Morgan fingerprint density at radius 2 is 2.21 bits per heavy atom. The molecule has 0 fully saturated rings. The van der Waals surface area contributed by atoms with Gasteiger partial charge in [-0.3, -0.25) is 14.6 Å². The van der Waals surface area contributed by atoms with Crippen LogP contribution in [0.25, 0.3) is 0 Å². The first-order valence-electron chi connectivity index (χ1n) is 9.39. The predicted molar refractivity (Wildman–Crippen MR) is 99.5 cm³/mol. The van der Waals surface area contributed by atoms with Gasteiger partial charge in [-0.1, -0.05) is 19.1 Å². The van der Waals surface area contributed by atoms with Crippen molar-refractivity contribution in [1.82, 2.24) is 4.57 Å². The standard InChI is InChI=1S/C21H19FN2O4/c1-2-21(27)8-18(25)28-10-14-15(21)7-17-19-12(9-24(17)20(14)26)5-11-6-13(22)3-4-16(11)23-19/h3-7,11,16,27H,2,8-10H2,1H3/t11?,16?,21-/m1/s1. The number of aromatic nitrogens is 1. The number of aliphatic imine (C=N–C) groups is 1. The van der Waals surface area contributed by atoms with Gasteiger partial charge in [0, 0.05) is 5.92 Å². The molecular weight excluding hydrogens is 363 g/mol. The van der Waals surface area contributed by atoms with Crippen LogP contribution < -0.4 is 5.56 Å². The van der Waals surface area contributed by atoms with E-state index in [0.717, 1.165) is 5.57 Å². The Morgan fingerprint density at radius 3 is 3.00 bits per heavy atom. The minimum atomic E-state index is -1.45. The number of fused-ring (bicyclic) bond motifs is 5. The number of carbonyl (C=O) groups excluding carboxylic acids is 1. The summed E-state index contributed by atoms with van der Waals surface area (Å²) in [5, 5.41) is 11.1. The maximum Gasteiger partial charge on any atom is 0.309 e. The first kappa shape index (κ1) is 17.3. The summed E-state index contributed by atoms with van der Waals surface area (Å²) in [6.45, 7) is 1.96. The van der Waals surface area contributed by atoms with Crippen LogP contribution >= 0.6 is 0 Å². The van der Waals surface area contributed by atoms with Gasteiger partial charge in [0.25, 0.3) is 5.56 Å². The van der Waals surface area contributed by atoms with Crippen molar-refractivity contribution in [2.45, 2.75) is 44.6 Å². The van der Waals surface area contributed by atoms with Gasteiger partial charge in [0.15, 0.2) is 0 Å². The number of carbonyl (C=O) groups is 1.